The van der Waals surface area contributed by atoms with Crippen LogP contribution in [-0.4, -0.2) is 91.5 Å². The number of piperidine rings is 1. The third-order valence-electron chi connectivity index (χ3n) is 6.70. The lowest BCUT2D eigenvalue weighted by atomic mass is 9.91. The van der Waals surface area contributed by atoms with E-state index in [0.29, 0.717) is 18.5 Å². The molecular formula is C24H37N5O3. The molecule has 2 saturated heterocycles. The minimum atomic E-state index is 0.211. The number of hydrogen-bond acceptors (Lipinski definition) is 8. The number of anilines is 1. The summed E-state index contributed by atoms with van der Waals surface area (Å²) in [5, 5.41) is 13.4. The second-order valence-corrected chi connectivity index (χ2v) is 8.79. The number of aliphatic hydroxyl groups is 1. The van der Waals surface area contributed by atoms with Gasteiger partial charge in [-0.2, -0.15) is 0 Å². The molecule has 8 nitrogen and oxygen atoms in total. The fraction of sp³-hybridized carbons (Fsp3) is 0.667. The number of likely N-dealkylation sites (tertiary alicyclic amines) is 2. The maximum atomic E-state index is 9.23. The summed E-state index contributed by atoms with van der Waals surface area (Å²) in [6, 6.07) is 4.04. The molecule has 0 radical (unpaired) electrons. The molecule has 32 heavy (non-hydrogen) atoms. The van der Waals surface area contributed by atoms with Crippen LogP contribution in [0.15, 0.2) is 12.1 Å². The molecule has 0 unspecified atom stereocenters. The highest BCUT2D eigenvalue weighted by Crippen LogP contribution is 2.37. The number of aromatic nitrogens is 2. The van der Waals surface area contributed by atoms with Crippen molar-refractivity contribution in [2.45, 2.75) is 38.0 Å². The summed E-state index contributed by atoms with van der Waals surface area (Å²) in [6.45, 7) is 7.07. The van der Waals surface area contributed by atoms with Crippen molar-refractivity contribution in [3.63, 3.8) is 0 Å². The number of nitrogens with one attached hydrogen (secondary N) is 1. The van der Waals surface area contributed by atoms with Gasteiger partial charge in [-0.15, -0.1) is 0 Å². The van der Waals surface area contributed by atoms with Crippen molar-refractivity contribution in [2.75, 3.05) is 72.0 Å². The molecule has 1 aromatic heterocycles. The van der Waals surface area contributed by atoms with E-state index in [1.54, 1.807) is 7.11 Å². The van der Waals surface area contributed by atoms with E-state index in [2.05, 4.69) is 15.1 Å². The standard InChI is InChI=1S/C24H37N5O3/c1-25-24-26-20-17-22(32-15-5-10-28-8-3-4-9-28)21(31-2)16-19(20)23(27-24)18-6-11-29(12-7-18)13-14-30/h16-18,30H,3-15H2,1-2H3,(H,25,26,27). The third-order valence-corrected chi connectivity index (χ3v) is 6.70. The lowest BCUT2D eigenvalue weighted by molar-refractivity contribution is 0.164. The Morgan fingerprint density at radius 3 is 2.47 bits per heavy atom. The molecule has 0 saturated carbocycles. The minimum Gasteiger partial charge on any atom is -0.493 e. The molecule has 2 fully saturated rings. The van der Waals surface area contributed by atoms with E-state index in [1.165, 1.54) is 25.9 Å². The predicted molar refractivity (Wildman–Crippen MR) is 127 cm³/mol. The summed E-state index contributed by atoms with van der Waals surface area (Å²) >= 11 is 0. The van der Waals surface area contributed by atoms with Crippen LogP contribution < -0.4 is 14.8 Å². The Morgan fingerprint density at radius 1 is 1.03 bits per heavy atom. The van der Waals surface area contributed by atoms with Crippen LogP contribution in [-0.2, 0) is 0 Å². The van der Waals surface area contributed by atoms with Gasteiger partial charge in [-0.3, -0.25) is 0 Å². The van der Waals surface area contributed by atoms with Crippen LogP contribution in [0.4, 0.5) is 5.95 Å². The molecular weight excluding hydrogens is 406 g/mol. The molecule has 0 spiro atoms. The lowest BCUT2D eigenvalue weighted by Crippen LogP contribution is -2.35. The van der Waals surface area contributed by atoms with Gasteiger partial charge in [0.15, 0.2) is 11.5 Å². The van der Waals surface area contributed by atoms with Crippen LogP contribution >= 0.6 is 0 Å². The van der Waals surface area contributed by atoms with Crippen molar-refractivity contribution in [3.05, 3.63) is 17.8 Å². The summed E-state index contributed by atoms with van der Waals surface area (Å²) in [7, 11) is 3.54. The first-order chi connectivity index (χ1) is 15.7. The molecule has 3 heterocycles. The maximum Gasteiger partial charge on any atom is 0.223 e. The van der Waals surface area contributed by atoms with Gasteiger partial charge >= 0.3 is 0 Å². The quantitative estimate of drug-likeness (QED) is 0.543. The molecule has 2 aromatic rings. The lowest BCUT2D eigenvalue weighted by Gasteiger charge is -2.31. The zero-order valence-corrected chi connectivity index (χ0v) is 19.5. The third kappa shape index (κ3) is 5.42. The average molecular weight is 444 g/mol. The first-order valence-electron chi connectivity index (χ1n) is 12.0. The molecule has 176 valence electrons. The number of fused-ring (bicyclic) bond motifs is 1. The highest BCUT2D eigenvalue weighted by Gasteiger charge is 2.25. The number of hydrogen-bond donors (Lipinski definition) is 2. The van der Waals surface area contributed by atoms with Crippen LogP contribution in [0.25, 0.3) is 10.9 Å². The van der Waals surface area contributed by atoms with Gasteiger partial charge < -0.3 is 29.7 Å². The fourth-order valence-corrected chi connectivity index (χ4v) is 4.90. The number of aliphatic hydroxyl groups excluding tert-OH is 1. The topological polar surface area (TPSA) is 83.0 Å². The molecule has 0 aliphatic carbocycles. The summed E-state index contributed by atoms with van der Waals surface area (Å²) in [5.41, 5.74) is 1.95. The highest BCUT2D eigenvalue weighted by molar-refractivity contribution is 5.86. The average Bonchev–Trinajstić information content (AvgIpc) is 3.35. The molecule has 2 aliphatic heterocycles. The van der Waals surface area contributed by atoms with E-state index in [4.69, 9.17) is 19.4 Å². The Bertz CT molecular complexity index is 880. The fourth-order valence-electron chi connectivity index (χ4n) is 4.90. The Morgan fingerprint density at radius 2 is 1.78 bits per heavy atom. The van der Waals surface area contributed by atoms with Gasteiger partial charge in [0.25, 0.3) is 0 Å². The molecule has 2 N–H and O–H groups in total. The van der Waals surface area contributed by atoms with Crippen molar-refractivity contribution in [1.29, 1.82) is 0 Å². The van der Waals surface area contributed by atoms with Gasteiger partial charge in [-0.05, 0) is 64.3 Å². The zero-order valence-electron chi connectivity index (χ0n) is 19.5. The maximum absolute atomic E-state index is 9.23. The van der Waals surface area contributed by atoms with Crippen LogP contribution in [0.3, 0.4) is 0 Å². The predicted octanol–water partition coefficient (Wildman–Crippen LogP) is 2.72. The van der Waals surface area contributed by atoms with Crippen LogP contribution in [0.5, 0.6) is 11.5 Å². The SMILES string of the molecule is CNc1nc(C2CCN(CCO)CC2)c2cc(OC)c(OCCCN3CCCC3)cc2n1. The number of rotatable bonds is 10. The molecule has 1 aromatic carbocycles. The largest absolute Gasteiger partial charge is 0.493 e. The van der Waals surface area contributed by atoms with E-state index >= 15 is 0 Å². The molecule has 0 bridgehead atoms. The van der Waals surface area contributed by atoms with Gasteiger partial charge in [-0.25, -0.2) is 9.97 Å². The van der Waals surface area contributed by atoms with Crippen LogP contribution in [0, 0.1) is 0 Å². The zero-order chi connectivity index (χ0) is 22.3. The Kier molecular flexibility index (Phi) is 8.00. The second kappa shape index (κ2) is 11.1. The van der Waals surface area contributed by atoms with E-state index in [-0.39, 0.29) is 6.61 Å². The van der Waals surface area contributed by atoms with Crippen molar-refractivity contribution >= 4 is 16.9 Å². The van der Waals surface area contributed by atoms with Gasteiger partial charge in [0, 0.05) is 37.5 Å². The minimum absolute atomic E-state index is 0.211. The summed E-state index contributed by atoms with van der Waals surface area (Å²) in [6.07, 6.45) is 5.67. The van der Waals surface area contributed by atoms with Gasteiger partial charge in [0.2, 0.25) is 5.95 Å². The normalized spacial score (nSPS) is 18.3. The molecule has 0 atom stereocenters. The number of nitrogens with zero attached hydrogens (tertiary/aromatic N) is 4. The number of β-amino-alcohol motifs (C(OH)–C–C–N with tert-alkyl or cyclic N) is 1. The Labute approximate surface area is 190 Å². The van der Waals surface area contributed by atoms with Crippen LogP contribution in [0.2, 0.25) is 0 Å². The number of methoxy groups -OCH3 is 1. The monoisotopic (exact) mass is 443 g/mol. The highest BCUT2D eigenvalue weighted by atomic mass is 16.5. The van der Waals surface area contributed by atoms with Crippen molar-refractivity contribution < 1.29 is 14.6 Å². The summed E-state index contributed by atoms with van der Waals surface area (Å²) < 4.78 is 11.8. The molecule has 0 amide bonds. The Hall–Kier alpha value is -2.16. The Balaban J connectivity index is 1.53. The van der Waals surface area contributed by atoms with Gasteiger partial charge in [0.1, 0.15) is 0 Å². The van der Waals surface area contributed by atoms with E-state index in [9.17, 15) is 5.11 Å². The smallest absolute Gasteiger partial charge is 0.223 e. The van der Waals surface area contributed by atoms with Crippen molar-refractivity contribution in [3.8, 4) is 11.5 Å². The summed E-state index contributed by atoms with van der Waals surface area (Å²) in [4.78, 5) is 14.4. The van der Waals surface area contributed by atoms with E-state index in [1.807, 2.05) is 19.2 Å². The first-order valence-corrected chi connectivity index (χ1v) is 12.0. The second-order valence-electron chi connectivity index (χ2n) is 8.79. The van der Waals surface area contributed by atoms with E-state index < -0.39 is 0 Å². The van der Waals surface area contributed by atoms with Gasteiger partial charge in [0.05, 0.1) is 31.5 Å². The first kappa shape index (κ1) is 23.0. The summed E-state index contributed by atoms with van der Waals surface area (Å²) in [5.74, 6) is 2.47. The van der Waals surface area contributed by atoms with Gasteiger partial charge in [-0.1, -0.05) is 0 Å². The number of ether oxygens (including phenoxy) is 2. The number of benzene rings is 1. The van der Waals surface area contributed by atoms with Crippen molar-refractivity contribution in [2.24, 2.45) is 0 Å². The van der Waals surface area contributed by atoms with Crippen molar-refractivity contribution in [1.82, 2.24) is 19.8 Å². The molecule has 8 heteroatoms. The molecule has 4 rings (SSSR count). The van der Waals surface area contributed by atoms with Crippen LogP contribution in [0.1, 0.15) is 43.7 Å². The molecule has 2 aliphatic rings. The van der Waals surface area contributed by atoms with E-state index in [0.717, 1.165) is 73.5 Å².